The molecule has 0 atom stereocenters. The normalized spacial score (nSPS) is 10.5. The van der Waals surface area contributed by atoms with Crippen molar-refractivity contribution >= 4 is 22.7 Å². The van der Waals surface area contributed by atoms with Crippen molar-refractivity contribution in [3.05, 3.63) is 81.9 Å². The van der Waals surface area contributed by atoms with Crippen LogP contribution in [0.4, 0.5) is 31.5 Å². The second-order valence-electron chi connectivity index (χ2n) is 5.84. The van der Waals surface area contributed by atoms with Crippen LogP contribution in [0.25, 0.3) is 0 Å². The molecule has 0 saturated carbocycles. The van der Waals surface area contributed by atoms with Crippen molar-refractivity contribution in [2.45, 2.75) is 6.92 Å². The van der Waals surface area contributed by atoms with Gasteiger partial charge < -0.3 is 15.8 Å². The predicted octanol–water partition coefficient (Wildman–Crippen LogP) is 5.30. The Morgan fingerprint density at radius 3 is 2.52 bits per heavy atom. The maximum atomic E-state index is 14.1. The average Bonchev–Trinajstić information content (AvgIpc) is 2.56. The number of aryl methyl sites for hydroxylation is 1. The minimum atomic E-state index is -0.783. The van der Waals surface area contributed by atoms with Crippen molar-refractivity contribution in [1.82, 2.24) is 0 Å². The number of anilines is 3. The highest BCUT2D eigenvalue weighted by atomic mass is 19.1. The molecule has 0 heterocycles. The highest BCUT2D eigenvalue weighted by Gasteiger charge is 2.24. The topological polar surface area (TPSA) is 90.4 Å². The van der Waals surface area contributed by atoms with Gasteiger partial charge in [-0.1, -0.05) is 12.1 Å². The van der Waals surface area contributed by atoms with Crippen LogP contribution in [0.1, 0.15) is 5.56 Å². The molecule has 0 radical (unpaired) electrons. The van der Waals surface area contributed by atoms with E-state index in [-0.39, 0.29) is 22.9 Å². The van der Waals surface area contributed by atoms with Crippen LogP contribution in [0.2, 0.25) is 0 Å². The molecule has 3 N–H and O–H groups in total. The molecule has 3 aromatic rings. The van der Waals surface area contributed by atoms with Crippen LogP contribution < -0.4 is 15.8 Å². The molecule has 27 heavy (non-hydrogen) atoms. The lowest BCUT2D eigenvalue weighted by molar-refractivity contribution is -0.384. The fourth-order valence-electron chi connectivity index (χ4n) is 2.51. The van der Waals surface area contributed by atoms with Crippen LogP contribution in [0.5, 0.6) is 11.5 Å². The highest BCUT2D eigenvalue weighted by molar-refractivity contribution is 5.75. The van der Waals surface area contributed by atoms with E-state index in [1.165, 1.54) is 24.3 Å². The number of ether oxygens (including phenoxy) is 1. The Bertz CT molecular complexity index is 1030. The zero-order valence-electron chi connectivity index (χ0n) is 14.2. The van der Waals surface area contributed by atoms with Crippen molar-refractivity contribution in [2.24, 2.45) is 0 Å². The molecule has 0 amide bonds. The Balaban J connectivity index is 2.06. The Kier molecular flexibility index (Phi) is 4.89. The smallest absolute Gasteiger partial charge is 0.334 e. The SMILES string of the molecule is Cc1ccc(Nc2cc(F)cc(Oc3cccc(N)c3)c2[N+](=O)[O-])c(F)c1. The second-order valence-corrected chi connectivity index (χ2v) is 5.84. The van der Waals surface area contributed by atoms with Crippen molar-refractivity contribution in [1.29, 1.82) is 0 Å². The Morgan fingerprint density at radius 1 is 1.07 bits per heavy atom. The molecule has 3 aromatic carbocycles. The number of halogens is 2. The molecule has 0 unspecified atom stereocenters. The summed E-state index contributed by atoms with van der Waals surface area (Å²) in [4.78, 5) is 10.9. The van der Waals surface area contributed by atoms with Gasteiger partial charge in [-0.3, -0.25) is 10.1 Å². The first-order chi connectivity index (χ1) is 12.8. The lowest BCUT2D eigenvalue weighted by atomic mass is 10.2. The van der Waals surface area contributed by atoms with E-state index in [2.05, 4.69) is 5.32 Å². The molecule has 0 saturated heterocycles. The zero-order valence-corrected chi connectivity index (χ0v) is 14.2. The number of nitrogens with two attached hydrogens (primary N) is 1. The molecule has 8 heteroatoms. The van der Waals surface area contributed by atoms with Gasteiger partial charge in [-0.15, -0.1) is 0 Å². The van der Waals surface area contributed by atoms with E-state index in [0.29, 0.717) is 11.3 Å². The van der Waals surface area contributed by atoms with Gasteiger partial charge in [0.2, 0.25) is 5.75 Å². The third kappa shape index (κ3) is 4.12. The largest absolute Gasteiger partial charge is 0.450 e. The van der Waals surface area contributed by atoms with Crippen molar-refractivity contribution in [3.8, 4) is 11.5 Å². The number of nitro groups is 1. The van der Waals surface area contributed by atoms with Gasteiger partial charge in [0.15, 0.2) is 0 Å². The van der Waals surface area contributed by atoms with Crippen LogP contribution >= 0.6 is 0 Å². The van der Waals surface area contributed by atoms with Crippen molar-refractivity contribution in [3.63, 3.8) is 0 Å². The van der Waals surface area contributed by atoms with Gasteiger partial charge >= 0.3 is 5.69 Å². The van der Waals surface area contributed by atoms with Crippen LogP contribution in [-0.4, -0.2) is 4.92 Å². The van der Waals surface area contributed by atoms with Gasteiger partial charge in [0, 0.05) is 23.9 Å². The number of nitro benzene ring substituents is 1. The predicted molar refractivity (Wildman–Crippen MR) is 98.4 cm³/mol. The second kappa shape index (κ2) is 7.28. The summed E-state index contributed by atoms with van der Waals surface area (Å²) in [5, 5.41) is 14.2. The quantitative estimate of drug-likeness (QED) is 0.361. The van der Waals surface area contributed by atoms with Crippen molar-refractivity contribution in [2.75, 3.05) is 11.1 Å². The monoisotopic (exact) mass is 371 g/mol. The lowest BCUT2D eigenvalue weighted by Gasteiger charge is -2.12. The summed E-state index contributed by atoms with van der Waals surface area (Å²) in [6, 6.07) is 12.3. The first kappa shape index (κ1) is 18.1. The van der Waals surface area contributed by atoms with Gasteiger partial charge in [0.25, 0.3) is 0 Å². The fraction of sp³-hybridized carbons (Fsp3) is 0.0526. The summed E-state index contributed by atoms with van der Waals surface area (Å²) in [6.45, 7) is 1.70. The number of hydrogen-bond donors (Lipinski definition) is 2. The Labute approximate surface area is 153 Å². The van der Waals surface area contributed by atoms with Gasteiger partial charge in [-0.25, -0.2) is 8.78 Å². The highest BCUT2D eigenvalue weighted by Crippen LogP contribution is 2.40. The minimum Gasteiger partial charge on any atom is -0.450 e. The van der Waals surface area contributed by atoms with E-state index in [1.807, 2.05) is 0 Å². The van der Waals surface area contributed by atoms with Gasteiger partial charge in [0.1, 0.15) is 23.1 Å². The lowest BCUT2D eigenvalue weighted by Crippen LogP contribution is -2.02. The molecular weight excluding hydrogens is 356 g/mol. The molecule has 0 aliphatic rings. The van der Waals surface area contributed by atoms with Crippen molar-refractivity contribution < 1.29 is 18.4 Å². The summed E-state index contributed by atoms with van der Waals surface area (Å²) in [5.74, 6) is -1.53. The molecule has 0 aliphatic carbocycles. The van der Waals surface area contributed by atoms with Gasteiger partial charge in [0.05, 0.1) is 10.6 Å². The third-order valence-corrected chi connectivity index (χ3v) is 3.70. The molecule has 0 aliphatic heterocycles. The summed E-state index contributed by atoms with van der Waals surface area (Å²) in [7, 11) is 0. The third-order valence-electron chi connectivity index (χ3n) is 3.70. The molecule has 6 nitrogen and oxygen atoms in total. The minimum absolute atomic E-state index is 0.0239. The Hall–Kier alpha value is -3.68. The van der Waals surface area contributed by atoms with Crippen LogP contribution in [0.15, 0.2) is 54.6 Å². The van der Waals surface area contributed by atoms with Gasteiger partial charge in [-0.05, 0) is 36.8 Å². The average molecular weight is 371 g/mol. The van der Waals surface area contributed by atoms with Crippen LogP contribution in [0, 0.1) is 28.7 Å². The van der Waals surface area contributed by atoms with E-state index in [0.717, 1.165) is 12.1 Å². The van der Waals surface area contributed by atoms with Crippen LogP contribution in [0.3, 0.4) is 0 Å². The molecule has 0 bridgehead atoms. The number of nitrogen functional groups attached to an aromatic ring is 1. The van der Waals surface area contributed by atoms with E-state index in [4.69, 9.17) is 10.5 Å². The van der Waals surface area contributed by atoms with E-state index in [1.54, 1.807) is 25.1 Å². The zero-order chi connectivity index (χ0) is 19.6. The molecule has 0 spiro atoms. The maximum absolute atomic E-state index is 14.1. The maximum Gasteiger partial charge on any atom is 0.334 e. The van der Waals surface area contributed by atoms with Gasteiger partial charge in [-0.2, -0.15) is 0 Å². The summed E-state index contributed by atoms with van der Waals surface area (Å²) < 4.78 is 33.6. The van der Waals surface area contributed by atoms with E-state index < -0.39 is 22.2 Å². The molecular formula is C19H15F2N3O3. The van der Waals surface area contributed by atoms with Crippen LogP contribution in [-0.2, 0) is 0 Å². The fourth-order valence-corrected chi connectivity index (χ4v) is 2.51. The van der Waals surface area contributed by atoms with E-state index in [9.17, 15) is 18.9 Å². The van der Waals surface area contributed by atoms with E-state index >= 15 is 0 Å². The first-order valence-electron chi connectivity index (χ1n) is 7.88. The number of nitrogens with one attached hydrogen (secondary N) is 1. The Morgan fingerprint density at radius 2 is 1.85 bits per heavy atom. The molecule has 0 fully saturated rings. The molecule has 3 rings (SSSR count). The summed E-state index contributed by atoms with van der Waals surface area (Å²) in [5.41, 5.74) is 5.93. The number of benzene rings is 3. The standard InChI is InChI=1S/C19H15F2N3O3/c1-11-5-6-16(15(21)7-11)23-17-8-12(20)9-18(19(17)24(25)26)27-14-4-2-3-13(22)10-14/h2-10,23H,22H2,1H3. The molecule has 138 valence electrons. The number of hydrogen-bond acceptors (Lipinski definition) is 5. The summed E-state index contributed by atoms with van der Waals surface area (Å²) in [6.07, 6.45) is 0. The summed E-state index contributed by atoms with van der Waals surface area (Å²) >= 11 is 0. The number of rotatable bonds is 5. The number of nitrogens with zero attached hydrogens (tertiary/aromatic N) is 1. The molecule has 0 aromatic heterocycles. The first-order valence-corrected chi connectivity index (χ1v) is 7.88.